The Kier molecular flexibility index (Phi) is 3.84. The van der Waals surface area contributed by atoms with Gasteiger partial charge in [0.1, 0.15) is 6.54 Å². The predicted molar refractivity (Wildman–Crippen MR) is 58.8 cm³/mol. The van der Waals surface area contributed by atoms with Gasteiger partial charge in [-0.3, -0.25) is 0 Å². The van der Waals surface area contributed by atoms with Crippen LogP contribution in [0, 0.1) is 21.4 Å². The highest BCUT2D eigenvalue weighted by Crippen LogP contribution is 2.09. The Morgan fingerprint density at radius 2 is 2.00 bits per heavy atom. The summed E-state index contributed by atoms with van der Waals surface area (Å²) in [6.45, 7) is 3.79. The van der Waals surface area contributed by atoms with Crippen LogP contribution in [0.3, 0.4) is 0 Å². The summed E-state index contributed by atoms with van der Waals surface area (Å²) in [5.41, 5.74) is 1.38. The fourth-order valence-corrected chi connectivity index (χ4v) is 1.30. The summed E-state index contributed by atoms with van der Waals surface area (Å²) in [5.74, 6) is 0. The molecular weight excluding hydrogens is 206 g/mol. The van der Waals surface area contributed by atoms with Crippen molar-refractivity contribution in [2.45, 2.75) is 26.4 Å². The monoisotopic (exact) mass is 219 g/mol. The lowest BCUT2D eigenvalue weighted by molar-refractivity contribution is -0.666. The van der Waals surface area contributed by atoms with E-state index in [4.69, 9.17) is 5.26 Å². The van der Waals surface area contributed by atoms with Crippen LogP contribution in [0.15, 0.2) is 24.3 Å². The molecule has 0 aromatic heterocycles. The van der Waals surface area contributed by atoms with Gasteiger partial charge in [0.2, 0.25) is 0 Å². The molecule has 5 nitrogen and oxygen atoms in total. The molecular formula is C11H13N3O2. The Morgan fingerprint density at radius 3 is 2.38 bits per heavy atom. The van der Waals surface area contributed by atoms with Crippen LogP contribution in [0.1, 0.15) is 25.0 Å². The zero-order valence-corrected chi connectivity index (χ0v) is 9.25. The number of nitrogens with zero attached hydrogens (tertiary/aromatic N) is 3. The average molecular weight is 219 g/mol. The minimum Gasteiger partial charge on any atom is -0.235 e. The number of benzene rings is 1. The molecule has 0 heterocycles. The second-order valence-corrected chi connectivity index (χ2v) is 3.74. The van der Waals surface area contributed by atoms with Gasteiger partial charge >= 0.3 is 0 Å². The highest BCUT2D eigenvalue weighted by molar-refractivity contribution is 5.31. The van der Waals surface area contributed by atoms with Crippen LogP contribution in [0.2, 0.25) is 0 Å². The third-order valence-corrected chi connectivity index (χ3v) is 2.23. The van der Waals surface area contributed by atoms with Crippen molar-refractivity contribution < 1.29 is 5.03 Å². The van der Waals surface area contributed by atoms with Crippen molar-refractivity contribution in [3.8, 4) is 6.07 Å². The molecule has 0 saturated heterocycles. The Balaban J connectivity index is 2.78. The predicted octanol–water partition coefficient (Wildman–Crippen LogP) is 1.96. The third-order valence-electron chi connectivity index (χ3n) is 2.23. The van der Waals surface area contributed by atoms with Gasteiger partial charge in [0.15, 0.2) is 5.03 Å². The number of hydrogen-bond donors (Lipinski definition) is 0. The van der Waals surface area contributed by atoms with Gasteiger partial charge in [-0.25, -0.2) is 10.1 Å². The topological polar surface area (TPSA) is 70.2 Å². The second kappa shape index (κ2) is 5.12. The van der Waals surface area contributed by atoms with Crippen molar-refractivity contribution in [2.24, 2.45) is 0 Å². The molecule has 0 aliphatic rings. The lowest BCUT2D eigenvalue weighted by Gasteiger charge is -2.17. The first-order valence-corrected chi connectivity index (χ1v) is 4.94. The van der Waals surface area contributed by atoms with Crippen molar-refractivity contribution in [1.29, 1.82) is 5.26 Å². The summed E-state index contributed by atoms with van der Waals surface area (Å²) in [7, 11) is 0. The first-order chi connectivity index (χ1) is 7.54. The van der Waals surface area contributed by atoms with Gasteiger partial charge in [0.05, 0.1) is 17.7 Å². The molecule has 0 fully saturated rings. The van der Waals surface area contributed by atoms with Gasteiger partial charge in [0, 0.05) is 0 Å². The molecule has 0 aliphatic carbocycles. The Bertz CT molecular complexity index is 406. The van der Waals surface area contributed by atoms with Crippen molar-refractivity contribution in [3.05, 3.63) is 45.5 Å². The van der Waals surface area contributed by atoms with E-state index in [0.717, 1.165) is 10.6 Å². The molecule has 1 rings (SSSR count). The number of nitro groups is 1. The molecule has 0 spiro atoms. The van der Waals surface area contributed by atoms with Crippen molar-refractivity contribution in [3.63, 3.8) is 0 Å². The maximum Gasteiger partial charge on any atom is 0.160 e. The molecule has 1 aromatic rings. The normalized spacial score (nSPS) is 9.88. The summed E-state index contributed by atoms with van der Waals surface area (Å²) in [5, 5.41) is 20.1. The smallest absolute Gasteiger partial charge is 0.160 e. The Morgan fingerprint density at radius 1 is 1.44 bits per heavy atom. The molecule has 0 radical (unpaired) electrons. The van der Waals surface area contributed by atoms with Crippen molar-refractivity contribution in [2.75, 3.05) is 0 Å². The fraction of sp³-hybridized carbons (Fsp3) is 0.364. The van der Waals surface area contributed by atoms with E-state index >= 15 is 0 Å². The Labute approximate surface area is 94.0 Å². The highest BCUT2D eigenvalue weighted by Gasteiger charge is 2.18. The fourth-order valence-electron chi connectivity index (χ4n) is 1.30. The molecule has 0 bridgehead atoms. The summed E-state index contributed by atoms with van der Waals surface area (Å²) >= 11 is 0. The average Bonchev–Trinajstić information content (AvgIpc) is 2.25. The summed E-state index contributed by atoms with van der Waals surface area (Å²) in [6, 6.07) is 8.63. The van der Waals surface area contributed by atoms with E-state index in [1.807, 2.05) is 6.07 Å². The quantitative estimate of drug-likeness (QED) is 0.573. The SMILES string of the molecule is CC(C)N(Cc1ccc(C#N)cc1)[N+](=O)[O-]. The lowest BCUT2D eigenvalue weighted by Crippen LogP contribution is -2.35. The van der Waals surface area contributed by atoms with Crippen LogP contribution < -0.4 is 0 Å². The van der Waals surface area contributed by atoms with E-state index in [2.05, 4.69) is 0 Å². The molecule has 0 N–H and O–H groups in total. The van der Waals surface area contributed by atoms with Gasteiger partial charge in [-0.2, -0.15) is 5.26 Å². The van der Waals surface area contributed by atoms with E-state index in [0.29, 0.717) is 5.56 Å². The molecule has 0 atom stereocenters. The van der Waals surface area contributed by atoms with Crippen LogP contribution in [0.25, 0.3) is 0 Å². The van der Waals surface area contributed by atoms with E-state index in [1.54, 1.807) is 38.1 Å². The summed E-state index contributed by atoms with van der Waals surface area (Å²) < 4.78 is 0. The summed E-state index contributed by atoms with van der Waals surface area (Å²) in [4.78, 5) is 10.7. The van der Waals surface area contributed by atoms with Crippen LogP contribution in [-0.4, -0.2) is 16.1 Å². The molecule has 84 valence electrons. The maximum atomic E-state index is 10.7. The molecule has 0 amide bonds. The molecule has 5 heteroatoms. The number of hydrazine groups is 1. The largest absolute Gasteiger partial charge is 0.235 e. The lowest BCUT2D eigenvalue weighted by atomic mass is 10.1. The minimum atomic E-state index is -0.400. The van der Waals surface area contributed by atoms with Crippen LogP contribution in [0.5, 0.6) is 0 Å². The molecule has 0 aliphatic heterocycles. The Hall–Kier alpha value is -2.09. The molecule has 0 unspecified atom stereocenters. The first-order valence-electron chi connectivity index (χ1n) is 4.94. The standard InChI is InChI=1S/C11H13N3O2/c1-9(2)13(14(15)16)8-11-5-3-10(7-12)4-6-11/h3-6,9H,8H2,1-2H3. The molecule has 16 heavy (non-hydrogen) atoms. The number of nitriles is 1. The van der Waals surface area contributed by atoms with Crippen LogP contribution in [-0.2, 0) is 6.54 Å². The minimum absolute atomic E-state index is 0.161. The third kappa shape index (κ3) is 2.95. The van der Waals surface area contributed by atoms with E-state index in [9.17, 15) is 10.1 Å². The van der Waals surface area contributed by atoms with Gasteiger partial charge < -0.3 is 0 Å². The second-order valence-electron chi connectivity index (χ2n) is 3.74. The van der Waals surface area contributed by atoms with E-state index in [-0.39, 0.29) is 12.6 Å². The van der Waals surface area contributed by atoms with Gasteiger partial charge in [-0.05, 0) is 31.5 Å². The number of hydrogen-bond acceptors (Lipinski definition) is 3. The van der Waals surface area contributed by atoms with Gasteiger partial charge in [0.25, 0.3) is 0 Å². The van der Waals surface area contributed by atoms with E-state index in [1.165, 1.54) is 0 Å². The van der Waals surface area contributed by atoms with E-state index < -0.39 is 5.03 Å². The maximum absolute atomic E-state index is 10.7. The van der Waals surface area contributed by atoms with Crippen molar-refractivity contribution >= 4 is 0 Å². The van der Waals surface area contributed by atoms with Crippen LogP contribution in [0.4, 0.5) is 0 Å². The first kappa shape index (κ1) is 12.0. The van der Waals surface area contributed by atoms with Crippen molar-refractivity contribution in [1.82, 2.24) is 5.01 Å². The van der Waals surface area contributed by atoms with Gasteiger partial charge in [-0.15, -0.1) is 5.01 Å². The molecule has 1 aromatic carbocycles. The zero-order chi connectivity index (χ0) is 12.1. The molecule has 0 saturated carbocycles. The number of rotatable bonds is 4. The zero-order valence-electron chi connectivity index (χ0n) is 9.25. The van der Waals surface area contributed by atoms with Gasteiger partial charge in [-0.1, -0.05) is 12.1 Å². The summed E-state index contributed by atoms with van der Waals surface area (Å²) in [6.07, 6.45) is 0. The highest BCUT2D eigenvalue weighted by atomic mass is 16.7. The van der Waals surface area contributed by atoms with Crippen LogP contribution >= 0.6 is 0 Å².